The fourth-order valence-corrected chi connectivity index (χ4v) is 1.94. The first-order chi connectivity index (χ1) is 6.89. The van der Waals surface area contributed by atoms with Gasteiger partial charge in [0.15, 0.2) is 0 Å². The van der Waals surface area contributed by atoms with Crippen LogP contribution in [0.3, 0.4) is 0 Å². The number of hydrogen-bond donors (Lipinski definition) is 1. The third kappa shape index (κ3) is 6.19. The van der Waals surface area contributed by atoms with Crippen molar-refractivity contribution in [1.29, 1.82) is 0 Å². The van der Waals surface area contributed by atoms with Gasteiger partial charge in [-0.05, 0) is 36.5 Å². The monoisotopic (exact) mass is 214 g/mol. The molecular formula is C14H30O. The van der Waals surface area contributed by atoms with Crippen molar-refractivity contribution in [2.45, 2.75) is 73.1 Å². The molecule has 0 saturated carbocycles. The molecule has 0 radical (unpaired) electrons. The molecule has 0 bridgehead atoms. The van der Waals surface area contributed by atoms with Gasteiger partial charge in [0.2, 0.25) is 0 Å². The van der Waals surface area contributed by atoms with E-state index in [4.69, 9.17) is 0 Å². The van der Waals surface area contributed by atoms with Crippen LogP contribution in [0.1, 0.15) is 73.1 Å². The number of unbranched alkanes of at least 4 members (excludes halogenated alkanes) is 1. The van der Waals surface area contributed by atoms with Gasteiger partial charge in [0, 0.05) is 6.61 Å². The SMILES string of the molecule is CCCCC(CC)(CO)CCC(C)(C)C. The fourth-order valence-electron chi connectivity index (χ4n) is 1.94. The van der Waals surface area contributed by atoms with Crippen LogP contribution in [0.15, 0.2) is 0 Å². The minimum absolute atomic E-state index is 0.198. The van der Waals surface area contributed by atoms with E-state index in [-0.39, 0.29) is 5.41 Å². The predicted molar refractivity (Wildman–Crippen MR) is 68.0 cm³/mol. The molecule has 0 aliphatic carbocycles. The van der Waals surface area contributed by atoms with Crippen LogP contribution in [0.4, 0.5) is 0 Å². The number of hydrogen-bond acceptors (Lipinski definition) is 1. The lowest BCUT2D eigenvalue weighted by Crippen LogP contribution is -2.26. The standard InChI is InChI=1S/C14H30O/c1-6-8-9-14(7-2,12-15)11-10-13(3,4)5/h15H,6-12H2,1-5H3. The molecule has 0 saturated heterocycles. The van der Waals surface area contributed by atoms with Crippen LogP contribution in [-0.4, -0.2) is 11.7 Å². The summed E-state index contributed by atoms with van der Waals surface area (Å²) in [5, 5.41) is 9.60. The summed E-state index contributed by atoms with van der Waals surface area (Å²) in [7, 11) is 0. The average Bonchev–Trinajstić information content (AvgIpc) is 2.18. The van der Waals surface area contributed by atoms with E-state index in [0.717, 1.165) is 6.42 Å². The summed E-state index contributed by atoms with van der Waals surface area (Å²) in [5.41, 5.74) is 0.588. The van der Waals surface area contributed by atoms with Crippen LogP contribution in [0, 0.1) is 10.8 Å². The number of aliphatic hydroxyl groups excluding tert-OH is 1. The Morgan fingerprint density at radius 3 is 1.87 bits per heavy atom. The Kier molecular flexibility index (Phi) is 6.51. The summed E-state index contributed by atoms with van der Waals surface area (Å²) in [5.74, 6) is 0. The largest absolute Gasteiger partial charge is 0.396 e. The summed E-state index contributed by atoms with van der Waals surface area (Å²) >= 11 is 0. The summed E-state index contributed by atoms with van der Waals surface area (Å²) in [6.07, 6.45) is 7.16. The van der Waals surface area contributed by atoms with E-state index in [9.17, 15) is 5.11 Å². The Hall–Kier alpha value is -0.0400. The van der Waals surface area contributed by atoms with Crippen LogP contribution in [0.2, 0.25) is 0 Å². The molecule has 0 aromatic heterocycles. The first kappa shape index (κ1) is 15.0. The van der Waals surface area contributed by atoms with Gasteiger partial charge in [0.05, 0.1) is 0 Å². The van der Waals surface area contributed by atoms with Crippen molar-refractivity contribution in [3.05, 3.63) is 0 Å². The summed E-state index contributed by atoms with van der Waals surface area (Å²) in [4.78, 5) is 0. The van der Waals surface area contributed by atoms with Gasteiger partial charge < -0.3 is 5.11 Å². The summed E-state index contributed by atoms with van der Waals surface area (Å²) in [6.45, 7) is 11.6. The van der Waals surface area contributed by atoms with E-state index < -0.39 is 0 Å². The molecule has 0 rings (SSSR count). The molecule has 1 unspecified atom stereocenters. The molecular weight excluding hydrogens is 184 g/mol. The average molecular weight is 214 g/mol. The predicted octanol–water partition coefficient (Wildman–Crippen LogP) is 4.39. The van der Waals surface area contributed by atoms with Crippen molar-refractivity contribution in [2.75, 3.05) is 6.61 Å². The fraction of sp³-hybridized carbons (Fsp3) is 1.00. The number of rotatable bonds is 7. The molecule has 0 fully saturated rings. The smallest absolute Gasteiger partial charge is 0.0487 e. The minimum Gasteiger partial charge on any atom is -0.396 e. The van der Waals surface area contributed by atoms with Crippen molar-refractivity contribution < 1.29 is 5.11 Å². The van der Waals surface area contributed by atoms with Crippen LogP contribution < -0.4 is 0 Å². The molecule has 0 aliphatic heterocycles. The molecule has 0 spiro atoms. The first-order valence-electron chi connectivity index (χ1n) is 6.50. The highest BCUT2D eigenvalue weighted by Gasteiger charge is 2.28. The van der Waals surface area contributed by atoms with E-state index in [1.54, 1.807) is 0 Å². The van der Waals surface area contributed by atoms with Gasteiger partial charge in [0.1, 0.15) is 0 Å². The van der Waals surface area contributed by atoms with Gasteiger partial charge in [-0.1, -0.05) is 47.5 Å². The second kappa shape index (κ2) is 6.52. The topological polar surface area (TPSA) is 20.2 Å². The summed E-state index contributed by atoms with van der Waals surface area (Å²) in [6, 6.07) is 0. The van der Waals surface area contributed by atoms with Gasteiger partial charge in [-0.3, -0.25) is 0 Å². The first-order valence-corrected chi connectivity index (χ1v) is 6.50. The quantitative estimate of drug-likeness (QED) is 0.666. The van der Waals surface area contributed by atoms with Gasteiger partial charge in [-0.15, -0.1) is 0 Å². The maximum absolute atomic E-state index is 9.60. The second-order valence-corrected chi connectivity index (χ2v) is 6.18. The lowest BCUT2D eigenvalue weighted by atomic mass is 9.73. The maximum Gasteiger partial charge on any atom is 0.0487 e. The van der Waals surface area contributed by atoms with Crippen molar-refractivity contribution in [1.82, 2.24) is 0 Å². The van der Waals surface area contributed by atoms with Crippen LogP contribution in [-0.2, 0) is 0 Å². The molecule has 15 heavy (non-hydrogen) atoms. The van der Waals surface area contributed by atoms with E-state index in [1.807, 2.05) is 0 Å². The normalized spacial score (nSPS) is 16.4. The molecule has 1 heteroatoms. The lowest BCUT2D eigenvalue weighted by molar-refractivity contribution is 0.0841. The Labute approximate surface area is 96.3 Å². The Balaban J connectivity index is 4.23. The zero-order chi connectivity index (χ0) is 11.9. The third-order valence-corrected chi connectivity index (χ3v) is 3.55. The van der Waals surface area contributed by atoms with Crippen molar-refractivity contribution in [2.24, 2.45) is 10.8 Å². The van der Waals surface area contributed by atoms with Crippen molar-refractivity contribution >= 4 is 0 Å². The van der Waals surface area contributed by atoms with Gasteiger partial charge in [-0.25, -0.2) is 0 Å². The molecule has 0 aliphatic rings. The zero-order valence-corrected chi connectivity index (χ0v) is 11.4. The van der Waals surface area contributed by atoms with Gasteiger partial charge in [-0.2, -0.15) is 0 Å². The lowest BCUT2D eigenvalue weighted by Gasteiger charge is -2.33. The molecule has 1 atom stereocenters. The van der Waals surface area contributed by atoms with Crippen LogP contribution in [0.5, 0.6) is 0 Å². The Bertz CT molecular complexity index is 151. The van der Waals surface area contributed by atoms with Gasteiger partial charge >= 0.3 is 0 Å². The Morgan fingerprint density at radius 2 is 1.53 bits per heavy atom. The summed E-state index contributed by atoms with van der Waals surface area (Å²) < 4.78 is 0. The number of aliphatic hydroxyl groups is 1. The van der Waals surface area contributed by atoms with E-state index in [0.29, 0.717) is 12.0 Å². The third-order valence-electron chi connectivity index (χ3n) is 3.55. The maximum atomic E-state index is 9.60. The Morgan fingerprint density at radius 1 is 0.933 bits per heavy atom. The molecule has 92 valence electrons. The molecule has 0 amide bonds. The van der Waals surface area contributed by atoms with Crippen LogP contribution in [0.25, 0.3) is 0 Å². The molecule has 1 nitrogen and oxygen atoms in total. The molecule has 0 aromatic carbocycles. The highest BCUT2D eigenvalue weighted by Crippen LogP contribution is 2.37. The van der Waals surface area contributed by atoms with Gasteiger partial charge in [0.25, 0.3) is 0 Å². The minimum atomic E-state index is 0.198. The van der Waals surface area contributed by atoms with E-state index in [2.05, 4.69) is 34.6 Å². The molecule has 0 aromatic rings. The highest BCUT2D eigenvalue weighted by molar-refractivity contribution is 4.79. The van der Waals surface area contributed by atoms with Crippen molar-refractivity contribution in [3.63, 3.8) is 0 Å². The van der Waals surface area contributed by atoms with E-state index >= 15 is 0 Å². The molecule has 0 heterocycles. The zero-order valence-electron chi connectivity index (χ0n) is 11.4. The van der Waals surface area contributed by atoms with Crippen molar-refractivity contribution in [3.8, 4) is 0 Å². The second-order valence-electron chi connectivity index (χ2n) is 6.18. The van der Waals surface area contributed by atoms with Crippen LogP contribution >= 0.6 is 0 Å². The van der Waals surface area contributed by atoms with E-state index in [1.165, 1.54) is 32.1 Å². The highest BCUT2D eigenvalue weighted by atomic mass is 16.3. The molecule has 1 N–H and O–H groups in total.